The lowest BCUT2D eigenvalue weighted by Crippen LogP contribution is -2.23. The first-order chi connectivity index (χ1) is 12.7. The van der Waals surface area contributed by atoms with Crippen molar-refractivity contribution in [3.05, 3.63) is 65.2 Å². The maximum atomic E-state index is 11.5. The van der Waals surface area contributed by atoms with Crippen molar-refractivity contribution in [1.29, 1.82) is 0 Å². The molecule has 8 heteroatoms. The molecule has 0 amide bonds. The van der Waals surface area contributed by atoms with Crippen LogP contribution in [0.2, 0.25) is 0 Å². The third-order valence-electron chi connectivity index (χ3n) is 4.14. The predicted octanol–water partition coefficient (Wildman–Crippen LogP) is 3.14. The molecule has 3 aromatic carbocycles. The number of aryl methyl sites for hydroxylation is 1. The Morgan fingerprint density at radius 3 is 2.37 bits per heavy atom. The molecule has 0 aliphatic carbocycles. The molecule has 0 radical (unpaired) electrons. The monoisotopic (exact) mass is 382 g/mol. The smallest absolute Gasteiger partial charge is 0.126 e. The van der Waals surface area contributed by atoms with Gasteiger partial charge in [0, 0.05) is 10.9 Å². The van der Waals surface area contributed by atoms with E-state index in [-0.39, 0.29) is 16.9 Å². The lowest BCUT2D eigenvalue weighted by atomic mass is 9.99. The number of benzene rings is 3. The molecular formula is C19H14N2O5S-2. The summed E-state index contributed by atoms with van der Waals surface area (Å²) < 4.78 is 34.5. The fraction of sp³-hybridized carbons (Fsp3) is 0.105. The van der Waals surface area contributed by atoms with E-state index in [1.54, 1.807) is 44.2 Å². The van der Waals surface area contributed by atoms with Crippen molar-refractivity contribution in [3.8, 4) is 0 Å². The largest absolute Gasteiger partial charge is 0.744 e. The molecule has 27 heavy (non-hydrogen) atoms. The zero-order valence-electron chi connectivity index (χ0n) is 14.5. The Balaban J connectivity index is 2.24. The van der Waals surface area contributed by atoms with Crippen LogP contribution in [0.25, 0.3) is 10.8 Å². The van der Waals surface area contributed by atoms with E-state index in [0.29, 0.717) is 21.9 Å². The summed E-state index contributed by atoms with van der Waals surface area (Å²) in [7, 11) is -4.74. The number of carbonyl (C=O) groups excluding carboxylic acids is 1. The van der Waals surface area contributed by atoms with Gasteiger partial charge in [0.25, 0.3) is 0 Å². The Morgan fingerprint density at radius 2 is 1.70 bits per heavy atom. The zero-order chi connectivity index (χ0) is 19.8. The normalized spacial score (nSPS) is 12.0. The first-order valence-electron chi connectivity index (χ1n) is 7.90. The number of carboxylic acids is 1. The molecule has 138 valence electrons. The van der Waals surface area contributed by atoms with Crippen molar-refractivity contribution < 1.29 is 22.9 Å². The van der Waals surface area contributed by atoms with E-state index in [0.717, 1.165) is 0 Å². The van der Waals surface area contributed by atoms with Gasteiger partial charge in [0.15, 0.2) is 0 Å². The van der Waals surface area contributed by atoms with Gasteiger partial charge in [-0.05, 0) is 48.6 Å². The third-order valence-corrected chi connectivity index (χ3v) is 5.00. The van der Waals surface area contributed by atoms with Crippen LogP contribution in [-0.4, -0.2) is 18.9 Å². The van der Waals surface area contributed by atoms with Crippen LogP contribution in [0, 0.1) is 13.8 Å². The van der Waals surface area contributed by atoms with E-state index >= 15 is 0 Å². The Labute approximate surface area is 155 Å². The first kappa shape index (κ1) is 18.7. The summed E-state index contributed by atoms with van der Waals surface area (Å²) >= 11 is 0. The highest BCUT2D eigenvalue weighted by Gasteiger charge is 2.12. The van der Waals surface area contributed by atoms with Gasteiger partial charge in [-0.15, -0.1) is 10.2 Å². The predicted molar refractivity (Wildman–Crippen MR) is 96.3 cm³/mol. The van der Waals surface area contributed by atoms with E-state index in [2.05, 4.69) is 10.2 Å². The summed E-state index contributed by atoms with van der Waals surface area (Å²) in [6, 6.07) is 12.7. The highest BCUT2D eigenvalue weighted by Crippen LogP contribution is 2.35. The number of hydrogen-bond acceptors (Lipinski definition) is 7. The molecule has 0 fully saturated rings. The minimum absolute atomic E-state index is 0.0387. The SMILES string of the molecule is Cc1ccc(N=Nc2c(C)c(C(=O)[O-])cc3ccccc23)c(S(=O)(=O)[O-])c1. The number of azo groups is 1. The zero-order valence-corrected chi connectivity index (χ0v) is 15.3. The molecule has 0 N–H and O–H groups in total. The van der Waals surface area contributed by atoms with E-state index in [1.165, 1.54) is 18.2 Å². The average Bonchev–Trinajstić information content (AvgIpc) is 2.60. The summed E-state index contributed by atoms with van der Waals surface area (Å²) in [4.78, 5) is 10.9. The minimum atomic E-state index is -4.74. The summed E-state index contributed by atoms with van der Waals surface area (Å²) in [5.74, 6) is -1.35. The van der Waals surface area contributed by atoms with Gasteiger partial charge in [0.2, 0.25) is 0 Å². The molecule has 0 spiro atoms. The van der Waals surface area contributed by atoms with Gasteiger partial charge in [-0.1, -0.05) is 30.3 Å². The van der Waals surface area contributed by atoms with Crippen molar-refractivity contribution in [2.24, 2.45) is 10.2 Å². The second-order valence-corrected chi connectivity index (χ2v) is 7.38. The number of aromatic carboxylic acids is 1. The average molecular weight is 382 g/mol. The van der Waals surface area contributed by atoms with Crippen LogP contribution in [-0.2, 0) is 10.1 Å². The highest BCUT2D eigenvalue weighted by molar-refractivity contribution is 7.86. The molecule has 0 unspecified atom stereocenters. The van der Waals surface area contributed by atoms with E-state index in [1.807, 2.05) is 0 Å². The second-order valence-electron chi connectivity index (χ2n) is 6.03. The fourth-order valence-corrected chi connectivity index (χ4v) is 3.48. The Hall–Kier alpha value is -3.10. The van der Waals surface area contributed by atoms with Crippen LogP contribution in [0.5, 0.6) is 0 Å². The first-order valence-corrected chi connectivity index (χ1v) is 9.31. The lowest BCUT2D eigenvalue weighted by molar-refractivity contribution is -0.255. The number of hydrogen-bond donors (Lipinski definition) is 0. The molecule has 0 saturated carbocycles. The van der Waals surface area contributed by atoms with Crippen molar-refractivity contribution in [2.45, 2.75) is 18.7 Å². The molecule has 3 aromatic rings. The molecule has 0 aliphatic rings. The fourth-order valence-electron chi connectivity index (χ4n) is 2.78. The Bertz CT molecular complexity index is 1200. The number of fused-ring (bicyclic) bond motifs is 1. The number of nitrogens with zero attached hydrogens (tertiary/aromatic N) is 2. The number of carboxylic acid groups (broad SMARTS) is 1. The molecule has 3 rings (SSSR count). The van der Waals surface area contributed by atoms with Gasteiger partial charge in [0.05, 0.1) is 16.6 Å². The van der Waals surface area contributed by atoms with Crippen LogP contribution in [0.1, 0.15) is 21.5 Å². The molecule has 0 aromatic heterocycles. The third kappa shape index (κ3) is 3.71. The van der Waals surface area contributed by atoms with Gasteiger partial charge in [-0.2, -0.15) is 0 Å². The topological polar surface area (TPSA) is 122 Å². The van der Waals surface area contributed by atoms with Gasteiger partial charge in [-0.3, -0.25) is 0 Å². The lowest BCUT2D eigenvalue weighted by Gasteiger charge is -2.13. The Kier molecular flexibility index (Phi) is 4.77. The summed E-state index contributed by atoms with van der Waals surface area (Å²) in [6.07, 6.45) is 0. The van der Waals surface area contributed by atoms with Crippen LogP contribution >= 0.6 is 0 Å². The molecule has 0 heterocycles. The standard InChI is InChI=1S/C19H16N2O5S/c1-11-7-8-16(17(9-11)27(24,25)26)20-21-18-12(2)15(19(22)23)10-13-5-3-4-6-14(13)18/h3-10H,1-2H3,(H,22,23)(H,24,25,26)/p-2. The van der Waals surface area contributed by atoms with Gasteiger partial charge in [0.1, 0.15) is 15.8 Å². The second kappa shape index (κ2) is 6.90. The van der Waals surface area contributed by atoms with Crippen molar-refractivity contribution in [2.75, 3.05) is 0 Å². The van der Waals surface area contributed by atoms with Crippen LogP contribution < -0.4 is 5.11 Å². The summed E-state index contributed by atoms with van der Waals surface area (Å²) in [6.45, 7) is 3.21. The summed E-state index contributed by atoms with van der Waals surface area (Å²) in [5.41, 5.74) is 1.03. The molecule has 0 bridgehead atoms. The van der Waals surface area contributed by atoms with E-state index in [9.17, 15) is 22.9 Å². The quantitative estimate of drug-likeness (QED) is 0.507. The van der Waals surface area contributed by atoms with Gasteiger partial charge >= 0.3 is 0 Å². The van der Waals surface area contributed by atoms with Crippen molar-refractivity contribution >= 4 is 38.2 Å². The summed E-state index contributed by atoms with van der Waals surface area (Å²) in [5, 5.41) is 20.7. The minimum Gasteiger partial charge on any atom is -0.744 e. The van der Waals surface area contributed by atoms with Crippen LogP contribution in [0.15, 0.2) is 63.7 Å². The van der Waals surface area contributed by atoms with Crippen LogP contribution in [0.3, 0.4) is 0 Å². The molecule has 0 aliphatic heterocycles. The maximum Gasteiger partial charge on any atom is 0.126 e. The number of carbonyl (C=O) groups is 1. The van der Waals surface area contributed by atoms with Gasteiger partial charge in [-0.25, -0.2) is 8.42 Å². The molecule has 0 saturated heterocycles. The Morgan fingerprint density at radius 1 is 1.00 bits per heavy atom. The molecular weight excluding hydrogens is 368 g/mol. The van der Waals surface area contributed by atoms with Gasteiger partial charge < -0.3 is 14.5 Å². The van der Waals surface area contributed by atoms with E-state index < -0.39 is 21.0 Å². The molecule has 0 atom stereocenters. The molecule has 7 nitrogen and oxygen atoms in total. The van der Waals surface area contributed by atoms with Crippen molar-refractivity contribution in [3.63, 3.8) is 0 Å². The highest BCUT2D eigenvalue weighted by atomic mass is 32.2. The number of rotatable bonds is 4. The van der Waals surface area contributed by atoms with Crippen molar-refractivity contribution in [1.82, 2.24) is 0 Å². The van der Waals surface area contributed by atoms with E-state index in [4.69, 9.17) is 0 Å². The van der Waals surface area contributed by atoms with Crippen LogP contribution in [0.4, 0.5) is 11.4 Å². The maximum absolute atomic E-state index is 11.5.